The van der Waals surface area contributed by atoms with E-state index in [1.807, 2.05) is 6.92 Å². The van der Waals surface area contributed by atoms with Crippen molar-refractivity contribution >= 4 is 20.5 Å². The first-order valence-corrected chi connectivity index (χ1v) is 9.14. The Kier molecular flexibility index (Phi) is 8.09. The molecular formula is C16H28BF4OP. The molecule has 0 aliphatic rings. The Morgan fingerprint density at radius 2 is 1.22 bits per heavy atom. The zero-order valence-corrected chi connectivity index (χ0v) is 16.0. The average molecular weight is 354 g/mol. The lowest BCUT2D eigenvalue weighted by Crippen LogP contribution is -2.30. The maximum absolute atomic E-state index is 9.75. The van der Waals surface area contributed by atoms with Crippen molar-refractivity contribution in [2.75, 3.05) is 6.61 Å². The largest absolute Gasteiger partial charge is 0.673 e. The summed E-state index contributed by atoms with van der Waals surface area (Å²) in [5.41, 5.74) is 0. The lowest BCUT2D eigenvalue weighted by molar-refractivity contribution is 0.340. The first-order valence-electron chi connectivity index (χ1n) is 7.64. The van der Waals surface area contributed by atoms with Crippen molar-refractivity contribution in [3.8, 4) is 5.75 Å². The van der Waals surface area contributed by atoms with Crippen molar-refractivity contribution in [3.63, 3.8) is 0 Å². The van der Waals surface area contributed by atoms with Crippen LogP contribution in [0.1, 0.15) is 48.5 Å². The van der Waals surface area contributed by atoms with E-state index in [-0.39, 0.29) is 0 Å². The van der Waals surface area contributed by atoms with Crippen LogP contribution >= 0.6 is 7.92 Å². The number of rotatable bonds is 3. The second-order valence-corrected chi connectivity index (χ2v) is 11.7. The molecule has 1 nitrogen and oxygen atoms in total. The van der Waals surface area contributed by atoms with Crippen LogP contribution in [0.25, 0.3) is 0 Å². The second-order valence-electron chi connectivity index (χ2n) is 7.33. The maximum atomic E-state index is 9.75. The van der Waals surface area contributed by atoms with Gasteiger partial charge in [0.15, 0.2) is 0 Å². The van der Waals surface area contributed by atoms with E-state index in [0.29, 0.717) is 10.3 Å². The molecule has 0 atom stereocenters. The molecule has 23 heavy (non-hydrogen) atoms. The molecule has 0 aromatic heterocycles. The van der Waals surface area contributed by atoms with Crippen LogP contribution in [0.5, 0.6) is 5.75 Å². The lowest BCUT2D eigenvalue weighted by Gasteiger charge is -2.33. The molecule has 0 aliphatic heterocycles. The van der Waals surface area contributed by atoms with Gasteiger partial charge in [-0.05, 0) is 72.7 Å². The Hall–Kier alpha value is -0.765. The highest BCUT2D eigenvalue weighted by Crippen LogP contribution is 2.58. The van der Waals surface area contributed by atoms with Crippen LogP contribution in [0.2, 0.25) is 0 Å². The molecule has 0 unspecified atom stereocenters. The van der Waals surface area contributed by atoms with Gasteiger partial charge < -0.3 is 22.0 Å². The number of benzene rings is 1. The average Bonchev–Trinajstić information content (AvgIpc) is 2.26. The van der Waals surface area contributed by atoms with Gasteiger partial charge in [0, 0.05) is 7.92 Å². The molecule has 1 rings (SSSR count). The molecule has 0 N–H and O–H groups in total. The van der Waals surface area contributed by atoms with E-state index in [0.717, 1.165) is 12.4 Å². The highest BCUT2D eigenvalue weighted by molar-refractivity contribution is 7.68. The van der Waals surface area contributed by atoms with Crippen LogP contribution < -0.4 is 10.0 Å². The van der Waals surface area contributed by atoms with Crippen LogP contribution in [-0.4, -0.2) is 24.2 Å². The van der Waals surface area contributed by atoms with Crippen molar-refractivity contribution in [2.45, 2.75) is 58.8 Å². The fraction of sp³-hybridized carbons (Fsp3) is 0.625. The minimum absolute atomic E-state index is 0.357. The second kappa shape index (κ2) is 8.37. The molecule has 134 valence electrons. The van der Waals surface area contributed by atoms with Gasteiger partial charge in [0.05, 0.1) is 22.2 Å². The van der Waals surface area contributed by atoms with Crippen LogP contribution in [0, 0.1) is 0 Å². The van der Waals surface area contributed by atoms with E-state index in [4.69, 9.17) is 4.74 Å². The van der Waals surface area contributed by atoms with Crippen molar-refractivity contribution in [2.24, 2.45) is 0 Å². The molecule has 0 spiro atoms. The topological polar surface area (TPSA) is 9.23 Å². The summed E-state index contributed by atoms with van der Waals surface area (Å²) in [5, 5.41) is 2.22. The van der Waals surface area contributed by atoms with Crippen molar-refractivity contribution in [3.05, 3.63) is 24.3 Å². The van der Waals surface area contributed by atoms with Gasteiger partial charge in [-0.25, -0.2) is 0 Å². The summed E-state index contributed by atoms with van der Waals surface area (Å²) < 4.78 is 44.5. The van der Waals surface area contributed by atoms with E-state index < -0.39 is 15.2 Å². The van der Waals surface area contributed by atoms with Crippen LogP contribution in [0.15, 0.2) is 24.3 Å². The molecule has 0 saturated carbocycles. The monoisotopic (exact) mass is 354 g/mol. The standard InChI is InChI=1S/C16H27OP.BF4/c1-8-17-13-9-11-14(12-10-13)18(15(2,3)4)16(5,6)7;2-1(3,4)5/h9-12H,8H2,1-7H3;/q;-1/p+1. The van der Waals surface area contributed by atoms with Gasteiger partial charge in [0.1, 0.15) is 5.75 Å². The minimum Gasteiger partial charge on any atom is -0.494 e. The maximum Gasteiger partial charge on any atom is 0.673 e. The Balaban J connectivity index is 0.000000841. The van der Waals surface area contributed by atoms with Gasteiger partial charge in [-0.3, -0.25) is 0 Å². The summed E-state index contributed by atoms with van der Waals surface area (Å²) in [6.45, 7) is 16.9. The normalized spacial score (nSPS) is 12.7. The lowest BCUT2D eigenvalue weighted by atomic mass is 10.2. The van der Waals surface area contributed by atoms with Gasteiger partial charge >= 0.3 is 7.25 Å². The number of halogens is 4. The highest BCUT2D eigenvalue weighted by Gasteiger charge is 2.43. The Morgan fingerprint density at radius 1 is 0.870 bits per heavy atom. The molecule has 0 radical (unpaired) electrons. The molecule has 7 heteroatoms. The summed E-state index contributed by atoms with van der Waals surface area (Å²) in [6.07, 6.45) is 0. The number of hydrogen-bond donors (Lipinski definition) is 0. The zero-order valence-electron chi connectivity index (χ0n) is 15.0. The Bertz CT molecular complexity index is 441. The molecule has 0 heterocycles. The Labute approximate surface area is 138 Å². The van der Waals surface area contributed by atoms with E-state index >= 15 is 0 Å². The van der Waals surface area contributed by atoms with Crippen LogP contribution in [-0.2, 0) is 0 Å². The van der Waals surface area contributed by atoms with Crippen LogP contribution in [0.4, 0.5) is 17.3 Å². The summed E-state index contributed by atoms with van der Waals surface area (Å²) in [7, 11) is -6.64. The van der Waals surface area contributed by atoms with E-state index in [1.165, 1.54) is 5.30 Å². The fourth-order valence-electron chi connectivity index (χ4n) is 2.88. The fourth-order valence-corrected chi connectivity index (χ4v) is 7.36. The molecule has 0 amide bonds. The quantitative estimate of drug-likeness (QED) is 0.377. The molecule has 1 aromatic rings. The van der Waals surface area contributed by atoms with Crippen LogP contribution in [0.3, 0.4) is 0 Å². The third-order valence-corrected chi connectivity index (χ3v) is 6.86. The number of hydrogen-bond acceptors (Lipinski definition) is 1. The minimum atomic E-state index is -6.00. The SMILES string of the molecule is CCOc1ccc([PH+](C(C)(C)C)C(C)(C)C)cc1.F[B-](F)(F)F. The molecule has 0 fully saturated rings. The summed E-state index contributed by atoms with van der Waals surface area (Å²) >= 11 is 0. The van der Waals surface area contributed by atoms with Gasteiger partial charge in [0.25, 0.3) is 0 Å². The third kappa shape index (κ3) is 9.86. The summed E-state index contributed by atoms with van der Waals surface area (Å²) in [6, 6.07) is 8.74. The zero-order chi connectivity index (χ0) is 18.5. The molecule has 0 saturated heterocycles. The Morgan fingerprint density at radius 3 is 1.48 bits per heavy atom. The highest BCUT2D eigenvalue weighted by atomic mass is 31.1. The predicted octanol–water partition coefficient (Wildman–Crippen LogP) is 5.82. The first-order chi connectivity index (χ1) is 10.2. The predicted molar refractivity (Wildman–Crippen MR) is 95.3 cm³/mol. The molecule has 0 aliphatic carbocycles. The smallest absolute Gasteiger partial charge is 0.494 e. The van der Waals surface area contributed by atoms with E-state index in [2.05, 4.69) is 65.8 Å². The van der Waals surface area contributed by atoms with Gasteiger partial charge in [-0.1, -0.05) is 0 Å². The molecular weight excluding hydrogens is 326 g/mol. The van der Waals surface area contributed by atoms with Crippen molar-refractivity contribution in [1.29, 1.82) is 0 Å². The first kappa shape index (κ1) is 22.2. The van der Waals surface area contributed by atoms with E-state index in [9.17, 15) is 17.3 Å². The van der Waals surface area contributed by atoms with Gasteiger partial charge in [-0.2, -0.15) is 0 Å². The number of ether oxygens (including phenoxy) is 1. The third-order valence-electron chi connectivity index (χ3n) is 2.95. The van der Waals surface area contributed by atoms with Gasteiger partial charge in [0.2, 0.25) is 0 Å². The van der Waals surface area contributed by atoms with Gasteiger partial charge in [-0.15, -0.1) is 0 Å². The molecule has 1 aromatic carbocycles. The van der Waals surface area contributed by atoms with Crippen molar-refractivity contribution < 1.29 is 22.0 Å². The van der Waals surface area contributed by atoms with E-state index in [1.54, 1.807) is 0 Å². The van der Waals surface area contributed by atoms with Crippen molar-refractivity contribution in [1.82, 2.24) is 0 Å². The summed E-state index contributed by atoms with van der Waals surface area (Å²) in [5.74, 6) is 0.977. The molecule has 0 bridgehead atoms. The summed E-state index contributed by atoms with van der Waals surface area (Å²) in [4.78, 5) is 0.